The molecule has 0 aromatic heterocycles. The van der Waals surface area contributed by atoms with Crippen LogP contribution in [0.1, 0.15) is 0 Å². The van der Waals surface area contributed by atoms with Gasteiger partial charge < -0.3 is 15.4 Å². The van der Waals surface area contributed by atoms with E-state index >= 15 is 0 Å². The molecule has 1 aromatic carbocycles. The molecule has 0 spiro atoms. The second-order valence-corrected chi connectivity index (χ2v) is 4.97. The predicted octanol–water partition coefficient (Wildman–Crippen LogP) is 1.90. The highest BCUT2D eigenvalue weighted by Gasteiger charge is 2.19. The van der Waals surface area contributed by atoms with Crippen LogP contribution in [-0.2, 0) is 4.74 Å². The van der Waals surface area contributed by atoms with Gasteiger partial charge in [-0.05, 0) is 15.9 Å². The molecule has 1 saturated heterocycles. The Labute approximate surface area is 117 Å². The molecule has 8 heteroatoms. The molecule has 2 N–H and O–H groups in total. The maximum atomic E-state index is 13.4. The van der Waals surface area contributed by atoms with Gasteiger partial charge in [-0.15, -0.1) is 0 Å². The number of morpholine rings is 1. The van der Waals surface area contributed by atoms with E-state index in [1.165, 1.54) is 0 Å². The molecule has 1 atom stereocenters. The minimum Gasteiger partial charge on any atom is -0.377 e. The first-order valence-corrected chi connectivity index (χ1v) is 6.57. The zero-order valence-electron chi connectivity index (χ0n) is 9.99. The highest BCUT2D eigenvalue weighted by Crippen LogP contribution is 2.30. The minimum absolute atomic E-state index is 0.0698. The molecule has 0 amide bonds. The first-order chi connectivity index (χ1) is 9.08. The predicted molar refractivity (Wildman–Crippen MR) is 71.9 cm³/mol. The maximum absolute atomic E-state index is 13.4. The van der Waals surface area contributed by atoms with Gasteiger partial charge >= 0.3 is 0 Å². The molecule has 0 saturated carbocycles. The number of hydrogen-bond acceptors (Lipinski definition) is 5. The topological polar surface area (TPSA) is 76.4 Å². The van der Waals surface area contributed by atoms with Gasteiger partial charge in [0.1, 0.15) is 11.5 Å². The zero-order chi connectivity index (χ0) is 13.8. The number of nitro benzene ring substituents is 1. The van der Waals surface area contributed by atoms with E-state index in [1.807, 2.05) is 0 Å². The number of rotatable bonds is 4. The number of benzene rings is 1. The van der Waals surface area contributed by atoms with Gasteiger partial charge in [0.2, 0.25) is 0 Å². The average molecular weight is 334 g/mol. The van der Waals surface area contributed by atoms with Gasteiger partial charge in [-0.1, -0.05) is 0 Å². The summed E-state index contributed by atoms with van der Waals surface area (Å²) >= 11 is 2.93. The third-order valence-corrected chi connectivity index (χ3v) is 3.37. The van der Waals surface area contributed by atoms with E-state index < -0.39 is 10.7 Å². The quantitative estimate of drug-likeness (QED) is 0.650. The van der Waals surface area contributed by atoms with Crippen LogP contribution < -0.4 is 10.6 Å². The van der Waals surface area contributed by atoms with Crippen LogP contribution in [0, 0.1) is 15.9 Å². The van der Waals surface area contributed by atoms with Crippen LogP contribution >= 0.6 is 15.9 Å². The van der Waals surface area contributed by atoms with Gasteiger partial charge in [-0.3, -0.25) is 10.1 Å². The van der Waals surface area contributed by atoms with E-state index in [2.05, 4.69) is 26.6 Å². The molecule has 1 aromatic rings. The molecule has 1 fully saturated rings. The van der Waals surface area contributed by atoms with Gasteiger partial charge in [-0.25, -0.2) is 4.39 Å². The van der Waals surface area contributed by atoms with E-state index in [1.54, 1.807) is 0 Å². The minimum atomic E-state index is -0.549. The van der Waals surface area contributed by atoms with Crippen molar-refractivity contribution in [2.24, 2.45) is 0 Å². The van der Waals surface area contributed by atoms with Crippen molar-refractivity contribution in [3.05, 3.63) is 32.5 Å². The zero-order valence-corrected chi connectivity index (χ0v) is 11.6. The summed E-state index contributed by atoms with van der Waals surface area (Å²) in [5.74, 6) is -0.546. The van der Waals surface area contributed by atoms with Crippen molar-refractivity contribution in [1.29, 1.82) is 0 Å². The summed E-state index contributed by atoms with van der Waals surface area (Å²) in [4.78, 5) is 10.4. The van der Waals surface area contributed by atoms with Gasteiger partial charge in [0.15, 0.2) is 0 Å². The molecule has 1 heterocycles. The molecule has 0 aliphatic carbocycles. The Morgan fingerprint density at radius 2 is 2.42 bits per heavy atom. The number of halogens is 2. The number of anilines is 1. The largest absolute Gasteiger partial charge is 0.377 e. The van der Waals surface area contributed by atoms with E-state index in [4.69, 9.17) is 4.74 Å². The number of nitro groups is 1. The van der Waals surface area contributed by atoms with Crippen molar-refractivity contribution in [1.82, 2.24) is 5.32 Å². The molecule has 0 bridgehead atoms. The van der Waals surface area contributed by atoms with Crippen LogP contribution in [-0.4, -0.2) is 37.3 Å². The highest BCUT2D eigenvalue weighted by atomic mass is 79.9. The Morgan fingerprint density at radius 1 is 1.63 bits per heavy atom. The van der Waals surface area contributed by atoms with Crippen LogP contribution in [0.2, 0.25) is 0 Å². The van der Waals surface area contributed by atoms with Crippen LogP contribution in [0.3, 0.4) is 0 Å². The second-order valence-electron chi connectivity index (χ2n) is 4.12. The number of ether oxygens (including phenoxy) is 1. The SMILES string of the molecule is O=[N+]([O-])c1cc(Br)c(F)cc1NCC1CNCCO1. The van der Waals surface area contributed by atoms with E-state index in [9.17, 15) is 14.5 Å². The van der Waals surface area contributed by atoms with Gasteiger partial charge in [0.25, 0.3) is 5.69 Å². The number of nitrogens with zero attached hydrogens (tertiary/aromatic N) is 1. The van der Waals surface area contributed by atoms with Crippen molar-refractivity contribution in [3.63, 3.8) is 0 Å². The Bertz CT molecular complexity index is 480. The first-order valence-electron chi connectivity index (χ1n) is 5.77. The Balaban J connectivity index is 2.09. The second kappa shape index (κ2) is 6.27. The lowest BCUT2D eigenvalue weighted by atomic mass is 10.2. The van der Waals surface area contributed by atoms with Crippen molar-refractivity contribution < 1.29 is 14.1 Å². The summed E-state index contributed by atoms with van der Waals surface area (Å²) in [5.41, 5.74) is -0.0167. The van der Waals surface area contributed by atoms with Crippen LogP contribution in [0.15, 0.2) is 16.6 Å². The van der Waals surface area contributed by atoms with Gasteiger partial charge in [0, 0.05) is 31.8 Å². The molecule has 1 aliphatic heterocycles. The lowest BCUT2D eigenvalue weighted by Crippen LogP contribution is -2.42. The standard InChI is InChI=1S/C11H13BrFN3O3/c12-8-3-11(16(17)18)10(4-9(8)13)15-6-7-5-14-1-2-19-7/h3-4,7,14-15H,1-2,5-6H2. The lowest BCUT2D eigenvalue weighted by molar-refractivity contribution is -0.384. The summed E-state index contributed by atoms with van der Waals surface area (Å²) in [6, 6.07) is 2.26. The molecular formula is C11H13BrFN3O3. The maximum Gasteiger partial charge on any atom is 0.293 e. The molecule has 6 nitrogen and oxygen atoms in total. The Morgan fingerprint density at radius 3 is 3.05 bits per heavy atom. The molecule has 0 radical (unpaired) electrons. The monoisotopic (exact) mass is 333 g/mol. The average Bonchev–Trinajstić information content (AvgIpc) is 2.40. The molecular weight excluding hydrogens is 321 g/mol. The molecule has 104 valence electrons. The Kier molecular flexibility index (Phi) is 4.67. The lowest BCUT2D eigenvalue weighted by Gasteiger charge is -2.24. The first kappa shape index (κ1) is 14.2. The number of hydrogen-bond donors (Lipinski definition) is 2. The van der Waals surface area contributed by atoms with E-state index in [-0.39, 0.29) is 22.0 Å². The van der Waals surface area contributed by atoms with Crippen LogP contribution in [0.4, 0.5) is 15.8 Å². The summed E-state index contributed by atoms with van der Waals surface area (Å²) in [7, 11) is 0. The van der Waals surface area contributed by atoms with Gasteiger partial charge in [0.05, 0.1) is 22.1 Å². The van der Waals surface area contributed by atoms with Gasteiger partial charge in [-0.2, -0.15) is 0 Å². The molecule has 1 aliphatic rings. The van der Waals surface area contributed by atoms with Crippen molar-refractivity contribution >= 4 is 27.3 Å². The Hall–Kier alpha value is -1.25. The van der Waals surface area contributed by atoms with Crippen LogP contribution in [0.5, 0.6) is 0 Å². The van der Waals surface area contributed by atoms with Crippen molar-refractivity contribution in [3.8, 4) is 0 Å². The summed E-state index contributed by atoms with van der Waals surface area (Å²) < 4.78 is 19.0. The fourth-order valence-electron chi connectivity index (χ4n) is 1.80. The summed E-state index contributed by atoms with van der Waals surface area (Å²) in [5, 5.41) is 16.9. The number of nitrogens with one attached hydrogen (secondary N) is 2. The van der Waals surface area contributed by atoms with Crippen LogP contribution in [0.25, 0.3) is 0 Å². The van der Waals surface area contributed by atoms with E-state index in [0.717, 1.165) is 18.7 Å². The molecule has 2 rings (SSSR count). The van der Waals surface area contributed by atoms with Crippen molar-refractivity contribution in [2.45, 2.75) is 6.10 Å². The fourth-order valence-corrected chi connectivity index (χ4v) is 2.13. The van der Waals surface area contributed by atoms with Crippen molar-refractivity contribution in [2.75, 3.05) is 31.6 Å². The molecule has 1 unspecified atom stereocenters. The smallest absolute Gasteiger partial charge is 0.293 e. The fraction of sp³-hybridized carbons (Fsp3) is 0.455. The third-order valence-electron chi connectivity index (χ3n) is 2.76. The highest BCUT2D eigenvalue weighted by molar-refractivity contribution is 9.10. The third kappa shape index (κ3) is 3.62. The van der Waals surface area contributed by atoms with E-state index in [0.29, 0.717) is 19.7 Å². The summed E-state index contributed by atoms with van der Waals surface area (Å²) in [6.07, 6.45) is -0.0833. The molecule has 19 heavy (non-hydrogen) atoms. The summed E-state index contributed by atoms with van der Waals surface area (Å²) in [6.45, 7) is 2.45. The normalized spacial score (nSPS) is 19.2.